The number of hydrogen-bond donors (Lipinski definition) is 2. The normalized spacial score (nSPS) is 15.3. The number of sulfonamides is 1. The lowest BCUT2D eigenvalue weighted by Crippen LogP contribution is -2.34. The highest BCUT2D eigenvalue weighted by Crippen LogP contribution is 2.24. The highest BCUT2D eigenvalue weighted by Gasteiger charge is 2.20. The van der Waals surface area contributed by atoms with Crippen LogP contribution in [0.3, 0.4) is 0 Å². The molecule has 28 heavy (non-hydrogen) atoms. The maximum Gasteiger partial charge on any atom is 0.262 e. The molecule has 0 radical (unpaired) electrons. The van der Waals surface area contributed by atoms with Crippen LogP contribution in [0.25, 0.3) is 0 Å². The Morgan fingerprint density at radius 2 is 1.89 bits per heavy atom. The number of rotatable bonds is 6. The summed E-state index contributed by atoms with van der Waals surface area (Å²) in [5, 5.41) is 0. The molecule has 2 heterocycles. The van der Waals surface area contributed by atoms with E-state index in [0.717, 1.165) is 25.9 Å². The molecule has 2 aromatic rings. The Hall–Kier alpha value is -2.88. The fourth-order valence-corrected chi connectivity index (χ4v) is 4.06. The number of piperidine rings is 1. The van der Waals surface area contributed by atoms with Crippen LogP contribution < -0.4 is 20.1 Å². The third-order valence-electron chi connectivity index (χ3n) is 4.70. The third kappa shape index (κ3) is 4.33. The summed E-state index contributed by atoms with van der Waals surface area (Å²) in [4.78, 5) is 22.0. The molecular formula is C18H23N5O4S. The van der Waals surface area contributed by atoms with Crippen LogP contribution in [-0.4, -0.2) is 44.5 Å². The summed E-state index contributed by atoms with van der Waals surface area (Å²) < 4.78 is 32.7. The van der Waals surface area contributed by atoms with E-state index in [9.17, 15) is 13.2 Å². The first-order valence-electron chi connectivity index (χ1n) is 8.88. The van der Waals surface area contributed by atoms with Crippen LogP contribution in [0.1, 0.15) is 30.1 Å². The van der Waals surface area contributed by atoms with Crippen molar-refractivity contribution in [3.63, 3.8) is 0 Å². The first kappa shape index (κ1) is 19.9. The number of methoxy groups -OCH3 is 1. The molecule has 1 fully saturated rings. The predicted molar refractivity (Wildman–Crippen MR) is 105 cm³/mol. The van der Waals surface area contributed by atoms with Crippen LogP contribution in [0.2, 0.25) is 0 Å². The van der Waals surface area contributed by atoms with Crippen molar-refractivity contribution >= 4 is 27.6 Å². The van der Waals surface area contributed by atoms with Gasteiger partial charge in [-0.25, -0.2) is 18.4 Å². The summed E-state index contributed by atoms with van der Waals surface area (Å²) in [6, 6.07) is 3.89. The number of nitrogens with zero attached hydrogens (tertiary/aromatic N) is 3. The number of primary amides is 1. The third-order valence-corrected chi connectivity index (χ3v) is 6.08. The van der Waals surface area contributed by atoms with Gasteiger partial charge in [0.15, 0.2) is 0 Å². The Morgan fingerprint density at radius 1 is 1.25 bits per heavy atom. The summed E-state index contributed by atoms with van der Waals surface area (Å²) in [5.74, 6) is 0.694. The molecule has 0 saturated carbocycles. The van der Waals surface area contributed by atoms with Crippen LogP contribution >= 0.6 is 0 Å². The van der Waals surface area contributed by atoms with Crippen LogP contribution in [0, 0.1) is 5.92 Å². The summed E-state index contributed by atoms with van der Waals surface area (Å²) in [6.07, 6.45) is 5.02. The second kappa shape index (κ2) is 8.01. The quantitative estimate of drug-likeness (QED) is 0.747. The molecule has 1 aromatic carbocycles. The summed E-state index contributed by atoms with van der Waals surface area (Å²) in [6.45, 7) is 3.99. The van der Waals surface area contributed by atoms with Gasteiger partial charge in [0.05, 0.1) is 35.6 Å². The molecule has 0 bridgehead atoms. The molecule has 10 heteroatoms. The number of hydrogen-bond acceptors (Lipinski definition) is 7. The average Bonchev–Trinajstić information content (AvgIpc) is 2.68. The molecule has 0 unspecified atom stereocenters. The summed E-state index contributed by atoms with van der Waals surface area (Å²) in [5.41, 5.74) is 5.50. The Labute approximate surface area is 164 Å². The highest BCUT2D eigenvalue weighted by molar-refractivity contribution is 7.92. The largest absolute Gasteiger partial charge is 0.496 e. The minimum absolute atomic E-state index is 0.0173. The van der Waals surface area contributed by atoms with Gasteiger partial charge in [0.25, 0.3) is 15.9 Å². The molecular weight excluding hydrogens is 382 g/mol. The van der Waals surface area contributed by atoms with Gasteiger partial charge in [-0.3, -0.25) is 9.52 Å². The Bertz CT molecular complexity index is 954. The number of carbonyl (C=O) groups excluding carboxylic acids is 1. The Kier molecular flexibility index (Phi) is 5.68. The molecule has 3 N–H and O–H groups in total. The van der Waals surface area contributed by atoms with Crippen molar-refractivity contribution in [2.45, 2.75) is 24.7 Å². The fraction of sp³-hybridized carbons (Fsp3) is 0.389. The fourth-order valence-electron chi connectivity index (χ4n) is 3.01. The number of ether oxygens (including phenoxy) is 1. The van der Waals surface area contributed by atoms with E-state index >= 15 is 0 Å². The highest BCUT2D eigenvalue weighted by atomic mass is 32.2. The van der Waals surface area contributed by atoms with E-state index in [2.05, 4.69) is 26.5 Å². The summed E-state index contributed by atoms with van der Waals surface area (Å²) in [7, 11) is -2.58. The number of nitrogens with one attached hydrogen (secondary N) is 1. The number of aromatic nitrogens is 2. The van der Waals surface area contributed by atoms with Gasteiger partial charge < -0.3 is 15.4 Å². The number of nitrogens with two attached hydrogens (primary N) is 1. The molecule has 1 aromatic heterocycles. The van der Waals surface area contributed by atoms with Gasteiger partial charge in [0, 0.05) is 13.1 Å². The zero-order valence-corrected chi connectivity index (χ0v) is 16.6. The van der Waals surface area contributed by atoms with Crippen molar-refractivity contribution in [2.75, 3.05) is 29.8 Å². The lowest BCUT2D eigenvalue weighted by atomic mass is 10.00. The molecule has 0 atom stereocenters. The van der Waals surface area contributed by atoms with Gasteiger partial charge in [-0.2, -0.15) is 0 Å². The molecule has 0 aliphatic carbocycles. The molecule has 3 rings (SSSR count). The van der Waals surface area contributed by atoms with Gasteiger partial charge in [-0.05, 0) is 37.0 Å². The Balaban J connectivity index is 1.77. The number of benzene rings is 1. The lowest BCUT2D eigenvalue weighted by Gasteiger charge is -2.30. The van der Waals surface area contributed by atoms with Crippen LogP contribution in [0.4, 0.5) is 11.6 Å². The van der Waals surface area contributed by atoms with Crippen molar-refractivity contribution in [1.29, 1.82) is 0 Å². The standard InChI is InChI=1S/C18H23N5O4S/c1-12-5-7-23(8-6-12)18-20-10-13(11-21-18)22-28(25,26)14-3-4-16(27-2)15(9-14)17(19)24/h3-4,9-12,22H,5-8H2,1-2H3,(H2,19,24). The van der Waals surface area contributed by atoms with E-state index in [1.165, 1.54) is 37.7 Å². The first-order valence-corrected chi connectivity index (χ1v) is 10.4. The van der Waals surface area contributed by atoms with Crippen molar-refractivity contribution in [2.24, 2.45) is 11.7 Å². The van der Waals surface area contributed by atoms with E-state index in [1.54, 1.807) is 0 Å². The molecule has 1 aliphatic rings. The SMILES string of the molecule is COc1ccc(S(=O)(=O)Nc2cnc(N3CCC(C)CC3)nc2)cc1C(N)=O. The maximum atomic E-state index is 12.6. The maximum absolute atomic E-state index is 12.6. The second-order valence-corrected chi connectivity index (χ2v) is 8.46. The number of amides is 1. The minimum atomic E-state index is -3.95. The average molecular weight is 405 g/mol. The topological polar surface area (TPSA) is 128 Å². The molecule has 9 nitrogen and oxygen atoms in total. The van der Waals surface area contributed by atoms with Crippen molar-refractivity contribution in [1.82, 2.24) is 9.97 Å². The van der Waals surface area contributed by atoms with Crippen LogP contribution in [-0.2, 0) is 10.0 Å². The smallest absolute Gasteiger partial charge is 0.262 e. The van der Waals surface area contributed by atoms with Gasteiger partial charge >= 0.3 is 0 Å². The van der Waals surface area contributed by atoms with E-state index < -0.39 is 15.9 Å². The molecule has 1 amide bonds. The van der Waals surface area contributed by atoms with Crippen LogP contribution in [0.5, 0.6) is 5.75 Å². The van der Waals surface area contributed by atoms with Crippen molar-refractivity contribution < 1.29 is 17.9 Å². The second-order valence-electron chi connectivity index (χ2n) is 6.77. The van der Waals surface area contributed by atoms with Crippen molar-refractivity contribution in [3.05, 3.63) is 36.2 Å². The van der Waals surface area contributed by atoms with Crippen molar-refractivity contribution in [3.8, 4) is 5.75 Å². The van der Waals surface area contributed by atoms with Gasteiger partial charge in [-0.15, -0.1) is 0 Å². The van der Waals surface area contributed by atoms with Crippen LogP contribution in [0.15, 0.2) is 35.5 Å². The molecule has 150 valence electrons. The number of anilines is 2. The van der Waals surface area contributed by atoms with Gasteiger partial charge in [0.2, 0.25) is 5.95 Å². The Morgan fingerprint density at radius 3 is 2.46 bits per heavy atom. The van der Waals surface area contributed by atoms with E-state index in [1.807, 2.05) is 0 Å². The zero-order valence-electron chi connectivity index (χ0n) is 15.8. The molecule has 0 spiro atoms. The van der Waals surface area contributed by atoms with E-state index in [-0.39, 0.29) is 21.9 Å². The minimum Gasteiger partial charge on any atom is -0.496 e. The summed E-state index contributed by atoms with van der Waals surface area (Å²) >= 11 is 0. The molecule has 1 saturated heterocycles. The predicted octanol–water partition coefficient (Wildman–Crippen LogP) is 1.62. The zero-order chi connectivity index (χ0) is 20.3. The first-order chi connectivity index (χ1) is 13.3. The molecule has 1 aliphatic heterocycles. The van der Waals surface area contributed by atoms with E-state index in [0.29, 0.717) is 11.9 Å². The van der Waals surface area contributed by atoms with E-state index in [4.69, 9.17) is 10.5 Å². The monoisotopic (exact) mass is 405 g/mol. The number of carbonyl (C=O) groups is 1. The van der Waals surface area contributed by atoms with Gasteiger partial charge in [0.1, 0.15) is 5.75 Å². The van der Waals surface area contributed by atoms with Gasteiger partial charge in [-0.1, -0.05) is 6.92 Å². The lowest BCUT2D eigenvalue weighted by molar-refractivity contribution is 0.0997.